The van der Waals surface area contributed by atoms with E-state index in [0.29, 0.717) is 0 Å². The van der Waals surface area contributed by atoms with Crippen LogP contribution in [0.5, 0.6) is 5.88 Å². The summed E-state index contributed by atoms with van der Waals surface area (Å²) < 4.78 is 32.1. The molecule has 0 spiro atoms. The molecule has 1 atom stereocenters. The molecule has 0 saturated carbocycles. The lowest BCUT2D eigenvalue weighted by Gasteiger charge is -2.18. The fourth-order valence-electron chi connectivity index (χ4n) is 1.74. The highest BCUT2D eigenvalue weighted by Gasteiger charge is 2.22. The van der Waals surface area contributed by atoms with E-state index >= 15 is 0 Å². The van der Waals surface area contributed by atoms with Crippen LogP contribution in [0.1, 0.15) is 17.3 Å². The van der Waals surface area contributed by atoms with Crippen LogP contribution >= 0.6 is 0 Å². The Labute approximate surface area is 108 Å². The van der Waals surface area contributed by atoms with Gasteiger partial charge in [0.2, 0.25) is 5.88 Å². The Morgan fingerprint density at radius 2 is 2.00 bits per heavy atom. The molecule has 1 heterocycles. The predicted molar refractivity (Wildman–Crippen MR) is 64.1 cm³/mol. The maximum atomic E-state index is 13.8. The van der Waals surface area contributed by atoms with Crippen molar-refractivity contribution in [1.29, 1.82) is 0 Å². The van der Waals surface area contributed by atoms with Gasteiger partial charge in [-0.05, 0) is 18.2 Å². The van der Waals surface area contributed by atoms with Gasteiger partial charge in [0.25, 0.3) is 0 Å². The summed E-state index contributed by atoms with van der Waals surface area (Å²) in [5.41, 5.74) is 2.69. The molecule has 7 heteroatoms. The second-order valence-corrected chi connectivity index (χ2v) is 3.72. The van der Waals surface area contributed by atoms with Gasteiger partial charge in [0.1, 0.15) is 17.3 Å². The Bertz CT molecular complexity index is 579. The number of methoxy groups -OCH3 is 1. The molecule has 0 radical (unpaired) electrons. The van der Waals surface area contributed by atoms with Crippen LogP contribution in [0.4, 0.5) is 8.78 Å². The fourth-order valence-corrected chi connectivity index (χ4v) is 1.74. The van der Waals surface area contributed by atoms with Gasteiger partial charge in [-0.15, -0.1) is 0 Å². The number of hydrogen-bond donors (Lipinski definition) is 2. The molecule has 2 rings (SSSR count). The van der Waals surface area contributed by atoms with Crippen LogP contribution in [0.15, 0.2) is 30.6 Å². The highest BCUT2D eigenvalue weighted by Crippen LogP contribution is 2.27. The average Bonchev–Trinajstić information content (AvgIpc) is 2.44. The summed E-state index contributed by atoms with van der Waals surface area (Å²) >= 11 is 0. The Morgan fingerprint density at radius 1 is 1.26 bits per heavy atom. The number of ether oxygens (including phenoxy) is 1. The second-order valence-electron chi connectivity index (χ2n) is 3.72. The van der Waals surface area contributed by atoms with Crippen LogP contribution in [0, 0.1) is 11.6 Å². The molecular weight excluding hydrogens is 254 g/mol. The molecule has 0 fully saturated rings. The molecule has 0 bridgehead atoms. The first kappa shape index (κ1) is 13.3. The Balaban J connectivity index is 2.53. The van der Waals surface area contributed by atoms with E-state index in [0.717, 1.165) is 18.2 Å². The van der Waals surface area contributed by atoms with Crippen molar-refractivity contribution in [2.45, 2.75) is 6.04 Å². The van der Waals surface area contributed by atoms with Crippen molar-refractivity contribution in [2.75, 3.05) is 7.11 Å². The van der Waals surface area contributed by atoms with E-state index in [2.05, 4.69) is 15.4 Å². The maximum absolute atomic E-state index is 13.8. The number of rotatable bonds is 4. The maximum Gasteiger partial charge on any atom is 0.237 e. The largest absolute Gasteiger partial charge is 0.480 e. The first-order valence-electron chi connectivity index (χ1n) is 5.43. The molecule has 0 aliphatic heterocycles. The quantitative estimate of drug-likeness (QED) is 0.645. The topological polar surface area (TPSA) is 73.1 Å². The number of hydrogen-bond acceptors (Lipinski definition) is 5. The average molecular weight is 266 g/mol. The van der Waals surface area contributed by atoms with Gasteiger partial charge in [0.05, 0.1) is 13.2 Å². The summed E-state index contributed by atoms with van der Waals surface area (Å²) in [6.45, 7) is 0. The minimum Gasteiger partial charge on any atom is -0.480 e. The third-order valence-electron chi connectivity index (χ3n) is 2.59. The highest BCUT2D eigenvalue weighted by atomic mass is 19.1. The van der Waals surface area contributed by atoms with Gasteiger partial charge >= 0.3 is 0 Å². The van der Waals surface area contributed by atoms with E-state index in [1.54, 1.807) is 0 Å². The highest BCUT2D eigenvalue weighted by molar-refractivity contribution is 5.33. The van der Waals surface area contributed by atoms with Crippen molar-refractivity contribution in [3.63, 3.8) is 0 Å². The monoisotopic (exact) mass is 266 g/mol. The van der Waals surface area contributed by atoms with E-state index < -0.39 is 17.7 Å². The lowest BCUT2D eigenvalue weighted by atomic mass is 10.0. The minimum atomic E-state index is -0.862. The molecule has 0 aliphatic rings. The van der Waals surface area contributed by atoms with Gasteiger partial charge in [0.15, 0.2) is 0 Å². The first-order valence-corrected chi connectivity index (χ1v) is 5.43. The van der Waals surface area contributed by atoms with Crippen LogP contribution in [0.2, 0.25) is 0 Å². The molecule has 19 heavy (non-hydrogen) atoms. The Hall–Kier alpha value is -2.12. The molecule has 1 aromatic carbocycles. The van der Waals surface area contributed by atoms with E-state index in [1.807, 2.05) is 0 Å². The fraction of sp³-hybridized carbons (Fsp3) is 0.167. The summed E-state index contributed by atoms with van der Waals surface area (Å²) in [7, 11) is 1.41. The van der Waals surface area contributed by atoms with E-state index in [1.165, 1.54) is 19.5 Å². The number of benzene rings is 1. The minimum absolute atomic E-state index is 0.0290. The molecular formula is C12H12F2N4O. The number of nitrogens with one attached hydrogen (secondary N) is 1. The first-order chi connectivity index (χ1) is 9.17. The van der Waals surface area contributed by atoms with Gasteiger partial charge in [-0.1, -0.05) is 0 Å². The summed E-state index contributed by atoms with van der Waals surface area (Å²) in [6, 6.07) is 2.24. The third-order valence-corrected chi connectivity index (χ3v) is 2.59. The summed E-state index contributed by atoms with van der Waals surface area (Å²) in [4.78, 5) is 8.00. The van der Waals surface area contributed by atoms with Crippen molar-refractivity contribution in [3.8, 4) is 5.88 Å². The standard InChI is InChI=1S/C12H12F2N4O/c1-19-12-11(16-4-5-17-12)10(18-15)8-6-7(13)2-3-9(8)14/h2-6,10,18H,15H2,1H3. The molecule has 1 unspecified atom stereocenters. The number of hydrazine groups is 1. The number of nitrogens with zero attached hydrogens (tertiary/aromatic N) is 2. The molecule has 0 aliphatic carbocycles. The van der Waals surface area contributed by atoms with Crippen molar-refractivity contribution >= 4 is 0 Å². The van der Waals surface area contributed by atoms with E-state index in [9.17, 15) is 8.78 Å². The normalized spacial score (nSPS) is 12.2. The molecule has 1 aromatic heterocycles. The molecule has 100 valence electrons. The van der Waals surface area contributed by atoms with Crippen LogP contribution in [0.25, 0.3) is 0 Å². The lowest BCUT2D eigenvalue weighted by Crippen LogP contribution is -2.30. The summed E-state index contributed by atoms with van der Waals surface area (Å²) in [5, 5.41) is 0. The lowest BCUT2D eigenvalue weighted by molar-refractivity contribution is 0.381. The van der Waals surface area contributed by atoms with Crippen molar-refractivity contribution in [3.05, 3.63) is 53.5 Å². The van der Waals surface area contributed by atoms with E-state index in [4.69, 9.17) is 10.6 Å². The van der Waals surface area contributed by atoms with Gasteiger partial charge in [-0.3, -0.25) is 10.8 Å². The van der Waals surface area contributed by atoms with Gasteiger partial charge in [-0.25, -0.2) is 19.2 Å². The van der Waals surface area contributed by atoms with Crippen molar-refractivity contribution < 1.29 is 13.5 Å². The van der Waals surface area contributed by atoms with Crippen LogP contribution in [-0.2, 0) is 0 Å². The van der Waals surface area contributed by atoms with E-state index in [-0.39, 0.29) is 17.1 Å². The zero-order valence-corrected chi connectivity index (χ0v) is 10.1. The number of halogens is 2. The van der Waals surface area contributed by atoms with Gasteiger partial charge < -0.3 is 4.74 Å². The zero-order chi connectivity index (χ0) is 13.8. The molecule has 0 amide bonds. The summed E-state index contributed by atoms with van der Waals surface area (Å²) in [6.07, 6.45) is 2.84. The van der Waals surface area contributed by atoms with Crippen LogP contribution < -0.4 is 16.0 Å². The third kappa shape index (κ3) is 2.67. The molecule has 5 nitrogen and oxygen atoms in total. The SMILES string of the molecule is COc1nccnc1C(NN)c1cc(F)ccc1F. The van der Waals surface area contributed by atoms with Crippen LogP contribution in [-0.4, -0.2) is 17.1 Å². The number of aromatic nitrogens is 2. The van der Waals surface area contributed by atoms with Crippen molar-refractivity contribution in [2.24, 2.45) is 5.84 Å². The molecule has 3 N–H and O–H groups in total. The van der Waals surface area contributed by atoms with Crippen molar-refractivity contribution in [1.82, 2.24) is 15.4 Å². The number of nitrogens with two attached hydrogens (primary N) is 1. The molecule has 0 saturated heterocycles. The Kier molecular flexibility index (Phi) is 3.98. The smallest absolute Gasteiger partial charge is 0.237 e. The molecule has 2 aromatic rings. The van der Waals surface area contributed by atoms with Gasteiger partial charge in [-0.2, -0.15) is 0 Å². The van der Waals surface area contributed by atoms with Gasteiger partial charge in [0, 0.05) is 18.0 Å². The zero-order valence-electron chi connectivity index (χ0n) is 10.1. The summed E-state index contributed by atoms with van der Waals surface area (Å²) in [5.74, 6) is 4.44. The predicted octanol–water partition coefficient (Wildman–Crippen LogP) is 1.32. The Morgan fingerprint density at radius 3 is 2.68 bits per heavy atom. The van der Waals surface area contributed by atoms with Crippen LogP contribution in [0.3, 0.4) is 0 Å². The second kappa shape index (κ2) is 5.68.